The lowest BCUT2D eigenvalue weighted by Gasteiger charge is -2.33. The summed E-state index contributed by atoms with van der Waals surface area (Å²) < 4.78 is 0. The molecule has 0 aromatic rings. The summed E-state index contributed by atoms with van der Waals surface area (Å²) in [7, 11) is 0. The van der Waals surface area contributed by atoms with Crippen molar-refractivity contribution in [2.45, 2.75) is 27.2 Å². The molecule has 4 atom stereocenters. The van der Waals surface area contributed by atoms with E-state index in [1.807, 2.05) is 19.1 Å². The summed E-state index contributed by atoms with van der Waals surface area (Å²) in [5, 5.41) is 3.03. The molecule has 1 fully saturated rings. The quantitative estimate of drug-likeness (QED) is 0.462. The van der Waals surface area contributed by atoms with Crippen molar-refractivity contribution in [1.29, 1.82) is 0 Å². The number of carbonyl (C=O) groups is 1. The normalized spacial score (nSPS) is 30.3. The van der Waals surface area contributed by atoms with Crippen LogP contribution in [-0.2, 0) is 4.79 Å². The molecule has 142 valence electrons. The van der Waals surface area contributed by atoms with Crippen LogP contribution in [0.5, 0.6) is 0 Å². The highest BCUT2D eigenvalue weighted by Gasteiger charge is 2.54. The third kappa shape index (κ3) is 4.94. The predicted molar refractivity (Wildman–Crippen MR) is 115 cm³/mol. The lowest BCUT2D eigenvalue weighted by Crippen LogP contribution is -2.30. The zero-order valence-corrected chi connectivity index (χ0v) is 16.6. The Hall–Kier alpha value is -2.68. The summed E-state index contributed by atoms with van der Waals surface area (Å²) >= 11 is 0. The van der Waals surface area contributed by atoms with Crippen LogP contribution in [0.1, 0.15) is 27.2 Å². The van der Waals surface area contributed by atoms with Crippen molar-refractivity contribution in [1.82, 2.24) is 5.32 Å². The molecule has 1 unspecified atom stereocenters. The van der Waals surface area contributed by atoms with E-state index in [4.69, 9.17) is 0 Å². The highest BCUT2D eigenvalue weighted by atomic mass is 16.2. The maximum absolute atomic E-state index is 12.6. The lowest BCUT2D eigenvalue weighted by atomic mass is 9.71. The van der Waals surface area contributed by atoms with Gasteiger partial charge in [-0.25, -0.2) is 0 Å². The molecule has 0 bridgehead atoms. The van der Waals surface area contributed by atoms with Gasteiger partial charge in [-0.3, -0.25) is 9.79 Å². The highest BCUT2D eigenvalue weighted by Crippen LogP contribution is 2.56. The van der Waals surface area contributed by atoms with Gasteiger partial charge < -0.3 is 5.32 Å². The van der Waals surface area contributed by atoms with E-state index < -0.39 is 0 Å². The van der Waals surface area contributed by atoms with Gasteiger partial charge >= 0.3 is 0 Å². The van der Waals surface area contributed by atoms with Gasteiger partial charge in [0.15, 0.2) is 0 Å². The molecule has 2 rings (SSSR count). The second-order valence-electron chi connectivity index (χ2n) is 7.50. The van der Waals surface area contributed by atoms with E-state index in [-0.39, 0.29) is 17.2 Å². The van der Waals surface area contributed by atoms with Gasteiger partial charge in [-0.2, -0.15) is 0 Å². The molecular weight excluding hydrogens is 332 g/mol. The summed E-state index contributed by atoms with van der Waals surface area (Å²) in [6, 6.07) is 0. The number of carbonyl (C=O) groups excluding carboxylic acids is 1. The molecule has 0 aliphatic heterocycles. The first-order valence-corrected chi connectivity index (χ1v) is 9.34. The Bertz CT molecular complexity index is 778. The van der Waals surface area contributed by atoms with Gasteiger partial charge in [-0.05, 0) is 47.8 Å². The Balaban J connectivity index is 2.01. The zero-order chi connectivity index (χ0) is 20.0. The lowest BCUT2D eigenvalue weighted by molar-refractivity contribution is -0.122. The van der Waals surface area contributed by atoms with Crippen molar-refractivity contribution >= 4 is 12.1 Å². The van der Waals surface area contributed by atoms with Crippen LogP contribution in [0.4, 0.5) is 0 Å². The largest absolute Gasteiger partial charge is 0.330 e. The van der Waals surface area contributed by atoms with Crippen LogP contribution in [-0.4, -0.2) is 12.1 Å². The Morgan fingerprint density at radius 3 is 2.67 bits per heavy atom. The molecule has 2 aliphatic rings. The molecule has 0 aromatic carbocycles. The fourth-order valence-electron chi connectivity index (χ4n) is 3.51. The number of amides is 1. The van der Waals surface area contributed by atoms with Crippen LogP contribution in [0.25, 0.3) is 0 Å². The van der Waals surface area contributed by atoms with E-state index in [9.17, 15) is 4.79 Å². The number of nitrogens with zero attached hydrogens (tertiary/aromatic N) is 1. The summed E-state index contributed by atoms with van der Waals surface area (Å²) in [5.41, 5.74) is 2.44. The average Bonchev–Trinajstić information content (AvgIpc) is 3.45. The van der Waals surface area contributed by atoms with E-state index >= 15 is 0 Å². The second-order valence-corrected chi connectivity index (χ2v) is 7.50. The number of hydrogen-bond acceptors (Lipinski definition) is 2. The zero-order valence-electron chi connectivity index (χ0n) is 16.6. The molecule has 3 nitrogen and oxygen atoms in total. The third-order valence-electron chi connectivity index (χ3n) is 5.64. The van der Waals surface area contributed by atoms with E-state index in [1.165, 1.54) is 6.20 Å². The van der Waals surface area contributed by atoms with Gasteiger partial charge in [-0.1, -0.05) is 70.0 Å². The summed E-state index contributed by atoms with van der Waals surface area (Å²) in [6.07, 6.45) is 18.2. The van der Waals surface area contributed by atoms with Crippen LogP contribution in [0.15, 0.2) is 90.3 Å². The van der Waals surface area contributed by atoms with Crippen LogP contribution in [0.3, 0.4) is 0 Å². The summed E-state index contributed by atoms with van der Waals surface area (Å²) in [6.45, 7) is 17.6. The van der Waals surface area contributed by atoms with Gasteiger partial charge in [0.05, 0.1) is 0 Å². The van der Waals surface area contributed by atoms with Crippen LogP contribution < -0.4 is 5.32 Å². The smallest absolute Gasteiger partial charge is 0.227 e. The minimum Gasteiger partial charge on any atom is -0.330 e. The molecule has 1 amide bonds. The first-order chi connectivity index (χ1) is 12.8. The van der Waals surface area contributed by atoms with E-state index in [0.29, 0.717) is 11.8 Å². The minimum absolute atomic E-state index is 0.0598. The topological polar surface area (TPSA) is 41.5 Å². The Morgan fingerprint density at radius 2 is 2.04 bits per heavy atom. The Labute approximate surface area is 163 Å². The van der Waals surface area contributed by atoms with E-state index in [0.717, 1.165) is 23.3 Å². The number of allylic oxidation sites excluding steroid dienone is 10. The first kappa shape index (κ1) is 20.6. The van der Waals surface area contributed by atoms with E-state index in [1.54, 1.807) is 12.3 Å². The number of aliphatic imine (C=N–C) groups is 1. The fraction of sp³-hybridized carbons (Fsp3) is 0.333. The standard InChI is InChI=1S/C24H30N2O/c1-7-17(3)20(16-25-8-2)13-12-19(5)26-23(27)21-15-22(21)24(6)14-10-9-11-18(24)4/h7-14,16,18,21-22H,1-3,15H2,4-6H3,(H,26,27)/b19-12+,20-13-,25-16?/t18-,21-,22-,24?/m1/s1. The van der Waals surface area contributed by atoms with Crippen molar-refractivity contribution in [3.63, 3.8) is 0 Å². The molecule has 0 saturated heterocycles. The molecule has 2 aliphatic carbocycles. The molecule has 0 heterocycles. The second kappa shape index (κ2) is 8.81. The number of rotatable bonds is 8. The maximum Gasteiger partial charge on any atom is 0.227 e. The Kier molecular flexibility index (Phi) is 6.73. The van der Waals surface area contributed by atoms with Gasteiger partial charge in [0.25, 0.3) is 0 Å². The molecule has 1 N–H and O–H groups in total. The fourth-order valence-corrected chi connectivity index (χ4v) is 3.51. The minimum atomic E-state index is 0.0598. The van der Waals surface area contributed by atoms with Gasteiger partial charge in [0.1, 0.15) is 0 Å². The monoisotopic (exact) mass is 362 g/mol. The average molecular weight is 363 g/mol. The first-order valence-electron chi connectivity index (χ1n) is 9.34. The van der Waals surface area contributed by atoms with Crippen LogP contribution >= 0.6 is 0 Å². The van der Waals surface area contributed by atoms with Crippen molar-refractivity contribution in [3.8, 4) is 0 Å². The van der Waals surface area contributed by atoms with E-state index in [2.05, 4.69) is 68.2 Å². The maximum atomic E-state index is 12.6. The van der Waals surface area contributed by atoms with Crippen molar-refractivity contribution < 1.29 is 4.79 Å². The molecule has 1 saturated carbocycles. The van der Waals surface area contributed by atoms with Crippen molar-refractivity contribution in [3.05, 3.63) is 85.3 Å². The van der Waals surface area contributed by atoms with Crippen LogP contribution in [0.2, 0.25) is 0 Å². The number of nitrogens with one attached hydrogen (secondary N) is 1. The molecule has 0 aromatic heterocycles. The SMILES string of the molecule is C=CN=C/C(=C/C=C(\C)NC(=O)[C@@H]1C[C@H]1C1(C)C=CC=C[C@H]1C)C(=C)C=C. The molecule has 3 heteroatoms. The molecular formula is C24H30N2O. The van der Waals surface area contributed by atoms with Crippen LogP contribution in [0, 0.1) is 23.2 Å². The van der Waals surface area contributed by atoms with Gasteiger partial charge in [0, 0.05) is 24.0 Å². The molecule has 27 heavy (non-hydrogen) atoms. The third-order valence-corrected chi connectivity index (χ3v) is 5.64. The molecule has 0 radical (unpaired) electrons. The highest BCUT2D eigenvalue weighted by molar-refractivity contribution is 5.86. The number of hydrogen-bond donors (Lipinski definition) is 1. The van der Waals surface area contributed by atoms with Crippen molar-refractivity contribution in [2.24, 2.45) is 28.2 Å². The van der Waals surface area contributed by atoms with Gasteiger partial charge in [-0.15, -0.1) is 0 Å². The summed E-state index contributed by atoms with van der Waals surface area (Å²) in [4.78, 5) is 16.7. The molecule has 0 spiro atoms. The Morgan fingerprint density at radius 1 is 1.30 bits per heavy atom. The van der Waals surface area contributed by atoms with Crippen molar-refractivity contribution in [2.75, 3.05) is 0 Å². The van der Waals surface area contributed by atoms with Gasteiger partial charge in [0.2, 0.25) is 5.91 Å². The summed E-state index contributed by atoms with van der Waals surface area (Å²) in [5.74, 6) is 1.02. The predicted octanol–water partition coefficient (Wildman–Crippen LogP) is 5.29.